The number of aldehydes is 1. The molecule has 2 aromatic rings. The monoisotopic (exact) mass is 241 g/mol. The van der Waals surface area contributed by atoms with E-state index in [9.17, 15) is 4.79 Å². The van der Waals surface area contributed by atoms with Crippen molar-refractivity contribution in [2.75, 3.05) is 0 Å². The molecule has 0 radical (unpaired) electrons. The SMILES string of the molecule is O=Cc1cnn(-c2ccc(Cl)c(Cl)c2)n1. The summed E-state index contributed by atoms with van der Waals surface area (Å²) in [5, 5.41) is 8.68. The summed E-state index contributed by atoms with van der Waals surface area (Å²) < 4.78 is 0. The maximum Gasteiger partial charge on any atom is 0.171 e. The minimum absolute atomic E-state index is 0.265. The summed E-state index contributed by atoms with van der Waals surface area (Å²) in [7, 11) is 0. The number of carbonyl (C=O) groups is 1. The van der Waals surface area contributed by atoms with Gasteiger partial charge in [0.05, 0.1) is 21.9 Å². The number of aromatic nitrogens is 3. The quantitative estimate of drug-likeness (QED) is 0.759. The Morgan fingerprint density at radius 1 is 1.27 bits per heavy atom. The van der Waals surface area contributed by atoms with E-state index in [2.05, 4.69) is 10.2 Å². The van der Waals surface area contributed by atoms with Crippen LogP contribution in [0.4, 0.5) is 0 Å². The van der Waals surface area contributed by atoms with E-state index >= 15 is 0 Å². The molecule has 0 atom stereocenters. The van der Waals surface area contributed by atoms with Crippen molar-refractivity contribution in [2.45, 2.75) is 0 Å². The molecule has 6 heteroatoms. The molecular weight excluding hydrogens is 237 g/mol. The van der Waals surface area contributed by atoms with Crippen LogP contribution in [0.25, 0.3) is 5.69 Å². The average Bonchev–Trinajstić information content (AvgIpc) is 2.70. The molecule has 76 valence electrons. The lowest BCUT2D eigenvalue weighted by atomic mass is 10.3. The summed E-state index contributed by atoms with van der Waals surface area (Å²) in [5.74, 6) is 0. The lowest BCUT2D eigenvalue weighted by Crippen LogP contribution is -1.98. The second-order valence-electron chi connectivity index (χ2n) is 2.78. The minimum atomic E-state index is 0.265. The van der Waals surface area contributed by atoms with Gasteiger partial charge in [-0.15, -0.1) is 5.10 Å². The summed E-state index contributed by atoms with van der Waals surface area (Å²) >= 11 is 11.6. The Hall–Kier alpha value is -1.39. The molecule has 2 rings (SSSR count). The van der Waals surface area contributed by atoms with Gasteiger partial charge in [-0.2, -0.15) is 9.90 Å². The highest BCUT2D eigenvalue weighted by Crippen LogP contribution is 2.23. The van der Waals surface area contributed by atoms with E-state index in [-0.39, 0.29) is 5.69 Å². The molecule has 0 aliphatic carbocycles. The zero-order valence-corrected chi connectivity index (χ0v) is 8.90. The zero-order valence-electron chi connectivity index (χ0n) is 7.39. The van der Waals surface area contributed by atoms with E-state index < -0.39 is 0 Å². The normalized spacial score (nSPS) is 10.3. The van der Waals surface area contributed by atoms with Crippen molar-refractivity contribution in [3.63, 3.8) is 0 Å². The third kappa shape index (κ3) is 2.00. The topological polar surface area (TPSA) is 47.8 Å². The van der Waals surface area contributed by atoms with Crippen LogP contribution >= 0.6 is 23.2 Å². The van der Waals surface area contributed by atoms with Gasteiger partial charge >= 0.3 is 0 Å². The Labute approximate surface area is 95.4 Å². The second-order valence-corrected chi connectivity index (χ2v) is 3.59. The van der Waals surface area contributed by atoms with E-state index in [0.717, 1.165) is 0 Å². The van der Waals surface area contributed by atoms with Crippen molar-refractivity contribution in [1.82, 2.24) is 15.0 Å². The molecule has 0 bridgehead atoms. The molecule has 1 aromatic carbocycles. The first-order chi connectivity index (χ1) is 7.20. The highest BCUT2D eigenvalue weighted by Gasteiger charge is 2.04. The van der Waals surface area contributed by atoms with Crippen LogP contribution in [-0.2, 0) is 0 Å². The Bertz CT molecular complexity index is 510. The van der Waals surface area contributed by atoms with Crippen LogP contribution in [0.1, 0.15) is 10.5 Å². The van der Waals surface area contributed by atoms with E-state index in [4.69, 9.17) is 23.2 Å². The number of halogens is 2. The van der Waals surface area contributed by atoms with E-state index in [0.29, 0.717) is 22.0 Å². The van der Waals surface area contributed by atoms with Crippen molar-refractivity contribution in [3.05, 3.63) is 40.1 Å². The molecule has 15 heavy (non-hydrogen) atoms. The number of benzene rings is 1. The smallest absolute Gasteiger partial charge is 0.171 e. The van der Waals surface area contributed by atoms with Crippen LogP contribution in [-0.4, -0.2) is 21.3 Å². The van der Waals surface area contributed by atoms with E-state index in [1.54, 1.807) is 18.2 Å². The van der Waals surface area contributed by atoms with Gasteiger partial charge in [0.15, 0.2) is 6.29 Å². The van der Waals surface area contributed by atoms with Gasteiger partial charge in [0.1, 0.15) is 5.69 Å². The predicted octanol–water partition coefficient (Wildman–Crippen LogP) is 2.39. The maximum atomic E-state index is 10.4. The second kappa shape index (κ2) is 4.00. The number of nitrogens with zero attached hydrogens (tertiary/aromatic N) is 3. The van der Waals surface area contributed by atoms with Gasteiger partial charge < -0.3 is 0 Å². The van der Waals surface area contributed by atoms with Crippen molar-refractivity contribution < 1.29 is 4.79 Å². The fraction of sp³-hybridized carbons (Fsp3) is 0. The number of hydrogen-bond donors (Lipinski definition) is 0. The lowest BCUT2D eigenvalue weighted by molar-refractivity contribution is 0.111. The highest BCUT2D eigenvalue weighted by atomic mass is 35.5. The minimum Gasteiger partial charge on any atom is -0.296 e. The first-order valence-corrected chi connectivity index (χ1v) is 4.79. The largest absolute Gasteiger partial charge is 0.296 e. The van der Waals surface area contributed by atoms with Crippen molar-refractivity contribution in [2.24, 2.45) is 0 Å². The first-order valence-electron chi connectivity index (χ1n) is 4.03. The van der Waals surface area contributed by atoms with Gasteiger partial charge in [0.2, 0.25) is 0 Å². The molecule has 0 fully saturated rings. The van der Waals surface area contributed by atoms with Gasteiger partial charge in [-0.1, -0.05) is 23.2 Å². The third-order valence-corrected chi connectivity index (χ3v) is 2.50. The van der Waals surface area contributed by atoms with Gasteiger partial charge in [-0.05, 0) is 18.2 Å². The molecule has 0 saturated carbocycles. The molecule has 0 aliphatic heterocycles. The van der Waals surface area contributed by atoms with E-state index in [1.807, 2.05) is 0 Å². The first kappa shape index (κ1) is 10.1. The zero-order chi connectivity index (χ0) is 10.8. The molecule has 0 saturated heterocycles. The molecular formula is C9H5Cl2N3O. The molecule has 0 unspecified atom stereocenters. The summed E-state index contributed by atoms with van der Waals surface area (Å²) in [6.07, 6.45) is 2.00. The molecule has 0 amide bonds. The van der Waals surface area contributed by atoms with Crippen LogP contribution in [0.2, 0.25) is 10.0 Å². The fourth-order valence-electron chi connectivity index (χ4n) is 1.06. The number of rotatable bonds is 2. The standard InChI is InChI=1S/C9H5Cl2N3O/c10-8-2-1-7(3-9(8)11)14-12-4-6(5-15)13-14/h1-5H. The lowest BCUT2D eigenvalue weighted by Gasteiger charge is -2.00. The predicted molar refractivity (Wildman–Crippen MR) is 56.8 cm³/mol. The molecule has 1 heterocycles. The van der Waals surface area contributed by atoms with Gasteiger partial charge in [-0.25, -0.2) is 0 Å². The average molecular weight is 242 g/mol. The van der Waals surface area contributed by atoms with Gasteiger partial charge in [-0.3, -0.25) is 4.79 Å². The highest BCUT2D eigenvalue weighted by molar-refractivity contribution is 6.42. The van der Waals surface area contributed by atoms with Crippen LogP contribution in [0.15, 0.2) is 24.4 Å². The summed E-state index contributed by atoms with van der Waals surface area (Å²) in [6, 6.07) is 4.98. The number of hydrogen-bond acceptors (Lipinski definition) is 3. The summed E-state index contributed by atoms with van der Waals surface area (Å²) in [5.41, 5.74) is 0.915. The van der Waals surface area contributed by atoms with Crippen molar-refractivity contribution in [3.8, 4) is 5.69 Å². The molecule has 0 N–H and O–H groups in total. The number of carbonyl (C=O) groups excluding carboxylic acids is 1. The Morgan fingerprint density at radius 2 is 2.07 bits per heavy atom. The Balaban J connectivity index is 2.44. The summed E-state index contributed by atoms with van der Waals surface area (Å²) in [4.78, 5) is 11.7. The Morgan fingerprint density at radius 3 is 2.67 bits per heavy atom. The molecule has 0 spiro atoms. The maximum absolute atomic E-state index is 10.4. The van der Waals surface area contributed by atoms with Gasteiger partial charge in [0, 0.05) is 0 Å². The van der Waals surface area contributed by atoms with Crippen LogP contribution < -0.4 is 0 Å². The van der Waals surface area contributed by atoms with Crippen LogP contribution in [0, 0.1) is 0 Å². The molecule has 4 nitrogen and oxygen atoms in total. The Kier molecular flexibility index (Phi) is 2.70. The third-order valence-electron chi connectivity index (χ3n) is 1.76. The van der Waals surface area contributed by atoms with Gasteiger partial charge in [0.25, 0.3) is 0 Å². The van der Waals surface area contributed by atoms with E-state index in [1.165, 1.54) is 11.0 Å². The summed E-state index contributed by atoms with van der Waals surface area (Å²) in [6.45, 7) is 0. The van der Waals surface area contributed by atoms with Crippen LogP contribution in [0.3, 0.4) is 0 Å². The fourth-order valence-corrected chi connectivity index (χ4v) is 1.36. The van der Waals surface area contributed by atoms with Crippen molar-refractivity contribution >= 4 is 29.5 Å². The van der Waals surface area contributed by atoms with Crippen LogP contribution in [0.5, 0.6) is 0 Å². The van der Waals surface area contributed by atoms with Crippen molar-refractivity contribution in [1.29, 1.82) is 0 Å². The molecule has 1 aromatic heterocycles. The molecule has 0 aliphatic rings.